The molecule has 0 aliphatic rings. The number of hydrogen-bond acceptors (Lipinski definition) is 3. The molecule has 3 N–H and O–H groups in total. The first-order valence-electron chi connectivity index (χ1n) is 5.95. The molecule has 0 aliphatic carbocycles. The van der Waals surface area contributed by atoms with Crippen LogP contribution in [0.5, 0.6) is 0 Å². The summed E-state index contributed by atoms with van der Waals surface area (Å²) < 4.78 is 40.1. The van der Waals surface area contributed by atoms with Gasteiger partial charge in [0.15, 0.2) is 0 Å². The second-order valence-corrected chi connectivity index (χ2v) is 6.24. The summed E-state index contributed by atoms with van der Waals surface area (Å²) in [5.74, 6) is -0.598. The van der Waals surface area contributed by atoms with Crippen molar-refractivity contribution in [3.8, 4) is 0 Å². The number of hydrogen-bond donors (Lipinski definition) is 2. The summed E-state index contributed by atoms with van der Waals surface area (Å²) in [7, 11) is -3.84. The Morgan fingerprint density at radius 2 is 1.70 bits per heavy atom. The second kappa shape index (κ2) is 5.13. The number of rotatable bonds is 3. The third-order valence-corrected chi connectivity index (χ3v) is 4.49. The molecule has 0 fully saturated rings. The van der Waals surface area contributed by atoms with E-state index in [4.69, 9.17) is 5.73 Å². The van der Waals surface area contributed by atoms with E-state index in [9.17, 15) is 12.8 Å². The largest absolute Gasteiger partial charge is 0.398 e. The molecule has 2 aromatic carbocycles. The minimum absolute atomic E-state index is 0.0864. The lowest BCUT2D eigenvalue weighted by Gasteiger charge is -2.11. The fourth-order valence-corrected chi connectivity index (χ4v) is 3.08. The Balaban J connectivity index is 2.40. The van der Waals surface area contributed by atoms with Crippen LogP contribution in [0.1, 0.15) is 11.1 Å². The van der Waals surface area contributed by atoms with Crippen LogP contribution in [0.2, 0.25) is 0 Å². The summed E-state index contributed by atoms with van der Waals surface area (Å²) in [4.78, 5) is -0.0864. The van der Waals surface area contributed by atoms with Crippen molar-refractivity contribution in [2.45, 2.75) is 18.7 Å². The van der Waals surface area contributed by atoms with Crippen LogP contribution in [-0.4, -0.2) is 8.42 Å². The zero-order valence-corrected chi connectivity index (χ0v) is 12.0. The minimum Gasteiger partial charge on any atom is -0.398 e. The number of sulfonamides is 1. The number of nitrogens with two attached hydrogens (primary N) is 1. The van der Waals surface area contributed by atoms with Gasteiger partial charge in [-0.3, -0.25) is 4.72 Å². The Kier molecular flexibility index (Phi) is 3.67. The SMILES string of the molecule is Cc1ccc(NS(=O)(=O)c2cc(F)ccc2C)cc1N. The fourth-order valence-electron chi connectivity index (χ4n) is 1.78. The van der Waals surface area contributed by atoms with Gasteiger partial charge >= 0.3 is 0 Å². The Labute approximate surface area is 117 Å². The van der Waals surface area contributed by atoms with Gasteiger partial charge in [-0.2, -0.15) is 0 Å². The Morgan fingerprint density at radius 1 is 1.05 bits per heavy atom. The molecule has 0 heterocycles. The van der Waals surface area contributed by atoms with Gasteiger partial charge in [-0.05, 0) is 49.2 Å². The summed E-state index contributed by atoms with van der Waals surface area (Å²) in [6.07, 6.45) is 0. The third kappa shape index (κ3) is 2.91. The maximum atomic E-state index is 13.2. The van der Waals surface area contributed by atoms with Gasteiger partial charge in [0.25, 0.3) is 10.0 Å². The van der Waals surface area contributed by atoms with Gasteiger partial charge in [-0.1, -0.05) is 12.1 Å². The summed E-state index contributed by atoms with van der Waals surface area (Å²) in [5, 5.41) is 0. The molecular weight excluding hydrogens is 279 g/mol. The summed E-state index contributed by atoms with van der Waals surface area (Å²) in [5.41, 5.74) is 7.90. The van der Waals surface area contributed by atoms with E-state index in [1.807, 2.05) is 6.92 Å². The first-order valence-corrected chi connectivity index (χ1v) is 7.43. The topological polar surface area (TPSA) is 72.2 Å². The van der Waals surface area contributed by atoms with E-state index in [-0.39, 0.29) is 4.90 Å². The minimum atomic E-state index is -3.84. The molecule has 20 heavy (non-hydrogen) atoms. The highest BCUT2D eigenvalue weighted by atomic mass is 32.2. The van der Waals surface area contributed by atoms with Crippen LogP contribution in [-0.2, 0) is 10.0 Å². The van der Waals surface area contributed by atoms with E-state index in [0.717, 1.165) is 11.6 Å². The summed E-state index contributed by atoms with van der Waals surface area (Å²) in [6.45, 7) is 3.43. The van der Waals surface area contributed by atoms with Gasteiger partial charge in [0, 0.05) is 5.69 Å². The number of benzene rings is 2. The third-order valence-electron chi connectivity index (χ3n) is 2.97. The van der Waals surface area contributed by atoms with Crippen LogP contribution in [0.25, 0.3) is 0 Å². The Bertz CT molecular complexity index is 758. The van der Waals surface area contributed by atoms with Crippen molar-refractivity contribution < 1.29 is 12.8 Å². The number of aryl methyl sites for hydroxylation is 2. The van der Waals surface area contributed by atoms with E-state index < -0.39 is 15.8 Å². The monoisotopic (exact) mass is 294 g/mol. The molecule has 0 unspecified atom stereocenters. The second-order valence-electron chi connectivity index (χ2n) is 4.59. The average Bonchev–Trinajstić information content (AvgIpc) is 2.36. The highest BCUT2D eigenvalue weighted by molar-refractivity contribution is 7.92. The molecule has 2 aromatic rings. The highest BCUT2D eigenvalue weighted by Gasteiger charge is 2.18. The molecule has 0 aliphatic heterocycles. The van der Waals surface area contributed by atoms with Crippen LogP contribution in [0.4, 0.5) is 15.8 Å². The number of anilines is 2. The van der Waals surface area contributed by atoms with E-state index in [0.29, 0.717) is 16.9 Å². The normalized spacial score (nSPS) is 11.3. The van der Waals surface area contributed by atoms with Crippen LogP contribution in [0.3, 0.4) is 0 Å². The molecule has 4 nitrogen and oxygen atoms in total. The molecule has 0 saturated heterocycles. The summed E-state index contributed by atoms with van der Waals surface area (Å²) in [6, 6.07) is 8.49. The molecule has 106 valence electrons. The summed E-state index contributed by atoms with van der Waals surface area (Å²) >= 11 is 0. The van der Waals surface area contributed by atoms with Crippen LogP contribution in [0, 0.1) is 19.7 Å². The molecule has 0 saturated carbocycles. The van der Waals surface area contributed by atoms with Gasteiger partial charge in [-0.25, -0.2) is 12.8 Å². The van der Waals surface area contributed by atoms with Gasteiger partial charge in [0.2, 0.25) is 0 Å². The zero-order chi connectivity index (χ0) is 14.9. The van der Waals surface area contributed by atoms with Crippen molar-refractivity contribution in [2.24, 2.45) is 0 Å². The van der Waals surface area contributed by atoms with Crippen molar-refractivity contribution in [3.63, 3.8) is 0 Å². The lowest BCUT2D eigenvalue weighted by atomic mass is 10.2. The van der Waals surface area contributed by atoms with E-state index in [1.54, 1.807) is 19.1 Å². The maximum Gasteiger partial charge on any atom is 0.262 e. The molecule has 2 rings (SSSR count). The lowest BCUT2D eigenvalue weighted by Crippen LogP contribution is -2.14. The van der Waals surface area contributed by atoms with E-state index in [1.165, 1.54) is 18.2 Å². The van der Waals surface area contributed by atoms with Gasteiger partial charge in [0.1, 0.15) is 5.82 Å². The molecule has 0 atom stereocenters. The molecule has 0 amide bonds. The van der Waals surface area contributed by atoms with Crippen molar-refractivity contribution >= 4 is 21.4 Å². The van der Waals surface area contributed by atoms with Crippen molar-refractivity contribution in [3.05, 3.63) is 53.3 Å². The molecule has 0 aromatic heterocycles. The maximum absolute atomic E-state index is 13.2. The highest BCUT2D eigenvalue weighted by Crippen LogP contribution is 2.22. The zero-order valence-electron chi connectivity index (χ0n) is 11.1. The standard InChI is InChI=1S/C14H15FN2O2S/c1-9-4-6-12(8-13(9)16)17-20(18,19)14-7-11(15)5-3-10(14)2/h3-8,17H,16H2,1-2H3. The van der Waals surface area contributed by atoms with Gasteiger partial charge < -0.3 is 5.73 Å². The molecule has 0 bridgehead atoms. The predicted molar refractivity (Wildman–Crippen MR) is 77.5 cm³/mol. The molecule has 0 radical (unpaired) electrons. The van der Waals surface area contributed by atoms with Crippen LogP contribution < -0.4 is 10.5 Å². The molecular formula is C14H15FN2O2S. The lowest BCUT2D eigenvalue weighted by molar-refractivity contribution is 0.594. The van der Waals surface area contributed by atoms with Crippen LogP contribution >= 0.6 is 0 Å². The molecule has 0 spiro atoms. The van der Waals surface area contributed by atoms with Crippen molar-refractivity contribution in [2.75, 3.05) is 10.5 Å². The van der Waals surface area contributed by atoms with Crippen LogP contribution in [0.15, 0.2) is 41.3 Å². The first kappa shape index (κ1) is 14.3. The van der Waals surface area contributed by atoms with Crippen molar-refractivity contribution in [1.29, 1.82) is 0 Å². The molecule has 6 heteroatoms. The average molecular weight is 294 g/mol. The Hall–Kier alpha value is -2.08. The van der Waals surface area contributed by atoms with E-state index >= 15 is 0 Å². The van der Waals surface area contributed by atoms with Gasteiger partial charge in [0.05, 0.1) is 10.6 Å². The predicted octanol–water partition coefficient (Wildman–Crippen LogP) is 2.83. The Morgan fingerprint density at radius 3 is 2.35 bits per heavy atom. The fraction of sp³-hybridized carbons (Fsp3) is 0.143. The first-order chi connectivity index (χ1) is 9.29. The van der Waals surface area contributed by atoms with E-state index in [2.05, 4.69) is 4.72 Å². The quantitative estimate of drug-likeness (QED) is 0.855. The number of nitrogen functional groups attached to an aromatic ring is 1. The smallest absolute Gasteiger partial charge is 0.262 e. The number of halogens is 1. The number of nitrogens with one attached hydrogen (secondary N) is 1. The van der Waals surface area contributed by atoms with Gasteiger partial charge in [-0.15, -0.1) is 0 Å². The van der Waals surface area contributed by atoms with Crippen molar-refractivity contribution in [1.82, 2.24) is 0 Å².